The summed E-state index contributed by atoms with van der Waals surface area (Å²) in [4.78, 5) is 47.6. The molecule has 0 aliphatic carbocycles. The van der Waals surface area contributed by atoms with Crippen LogP contribution in [0.1, 0.15) is 24.6 Å². The number of likely N-dealkylation sites (N-methyl/N-ethyl adjacent to an activating group) is 1. The largest absolute Gasteiger partial charge is 0.480 e. The van der Waals surface area contributed by atoms with Crippen molar-refractivity contribution in [2.75, 3.05) is 7.05 Å². The molecule has 25 heavy (non-hydrogen) atoms. The lowest BCUT2D eigenvalue weighted by molar-refractivity contribution is -0.148. The number of aryl methyl sites for hydroxylation is 1. The van der Waals surface area contributed by atoms with Crippen molar-refractivity contribution in [2.24, 2.45) is 0 Å². The summed E-state index contributed by atoms with van der Waals surface area (Å²) in [6.07, 6.45) is 3.45. The van der Waals surface area contributed by atoms with E-state index in [0.29, 0.717) is 22.6 Å². The number of aromatic amines is 1. The number of pyridine rings is 1. The summed E-state index contributed by atoms with van der Waals surface area (Å²) in [6, 6.07) is 2.62. The number of carboxylic acid groups (broad SMARTS) is 1. The topological polar surface area (TPSA) is 116 Å². The number of carbonyl (C=O) groups is 2. The number of hydrogen-bond donors (Lipinski definition) is 2. The Kier molecular flexibility index (Phi) is 5.63. The number of nitrogens with one attached hydrogen (secondary N) is 1. The summed E-state index contributed by atoms with van der Waals surface area (Å²) in [7, 11) is 1.43. The van der Waals surface area contributed by atoms with Crippen molar-refractivity contribution in [1.29, 1.82) is 0 Å². The number of rotatable bonds is 6. The predicted molar refractivity (Wildman–Crippen MR) is 91.0 cm³/mol. The zero-order chi connectivity index (χ0) is 18.6. The van der Waals surface area contributed by atoms with Gasteiger partial charge in [-0.2, -0.15) is 0 Å². The van der Waals surface area contributed by atoms with E-state index in [9.17, 15) is 14.4 Å². The summed E-state index contributed by atoms with van der Waals surface area (Å²) < 4.78 is 0. The summed E-state index contributed by atoms with van der Waals surface area (Å²) >= 11 is 0. The fourth-order valence-corrected chi connectivity index (χ4v) is 2.33. The summed E-state index contributed by atoms with van der Waals surface area (Å²) in [6.45, 7) is 3.14. The first-order valence-corrected chi connectivity index (χ1v) is 7.80. The molecule has 1 unspecified atom stereocenters. The average Bonchev–Trinajstić information content (AvgIpc) is 2.59. The Morgan fingerprint density at radius 2 is 2.12 bits per heavy atom. The number of carbonyl (C=O) groups excluding carboxylic acids is 1. The van der Waals surface area contributed by atoms with E-state index in [1.807, 2.05) is 0 Å². The highest BCUT2D eigenvalue weighted by molar-refractivity contribution is 5.83. The Morgan fingerprint density at radius 1 is 1.40 bits per heavy atom. The molecule has 132 valence electrons. The van der Waals surface area contributed by atoms with Gasteiger partial charge in [-0.3, -0.25) is 14.6 Å². The molecule has 1 atom stereocenters. The van der Waals surface area contributed by atoms with E-state index in [-0.39, 0.29) is 24.3 Å². The first-order chi connectivity index (χ1) is 11.8. The molecule has 0 bridgehead atoms. The van der Waals surface area contributed by atoms with E-state index in [2.05, 4.69) is 15.0 Å². The van der Waals surface area contributed by atoms with Crippen LogP contribution in [0, 0.1) is 6.92 Å². The van der Waals surface area contributed by atoms with Gasteiger partial charge in [-0.25, -0.2) is 9.78 Å². The first-order valence-electron chi connectivity index (χ1n) is 7.80. The molecule has 2 rings (SSSR count). The molecule has 0 fully saturated rings. The Morgan fingerprint density at radius 3 is 2.68 bits per heavy atom. The standard InChI is InChI=1S/C17H20N4O4/c1-10-13(6-7-14(22)21(3)11(2)17(24)25)16(23)20-15(19-10)12-5-4-8-18-9-12/h4-5,8-9,11H,6-7H2,1-3H3,(H,24,25)(H,19,20,23). The van der Waals surface area contributed by atoms with Crippen LogP contribution >= 0.6 is 0 Å². The summed E-state index contributed by atoms with van der Waals surface area (Å²) in [5, 5.41) is 8.95. The average molecular weight is 344 g/mol. The molecule has 2 aromatic heterocycles. The second-order valence-corrected chi connectivity index (χ2v) is 5.74. The summed E-state index contributed by atoms with van der Waals surface area (Å²) in [5.74, 6) is -1.00. The highest BCUT2D eigenvalue weighted by Crippen LogP contribution is 2.13. The van der Waals surface area contributed by atoms with Gasteiger partial charge in [0.25, 0.3) is 5.56 Å². The SMILES string of the molecule is Cc1nc(-c2cccnc2)[nH]c(=O)c1CCC(=O)N(C)C(C)C(=O)O. The first kappa shape index (κ1) is 18.3. The number of aromatic nitrogens is 3. The maximum Gasteiger partial charge on any atom is 0.326 e. The third-order valence-corrected chi connectivity index (χ3v) is 4.08. The minimum atomic E-state index is -1.08. The van der Waals surface area contributed by atoms with Crippen LogP contribution in [0.5, 0.6) is 0 Å². The molecule has 0 saturated carbocycles. The normalized spacial score (nSPS) is 11.8. The van der Waals surface area contributed by atoms with Crippen LogP contribution < -0.4 is 5.56 Å². The van der Waals surface area contributed by atoms with Crippen molar-refractivity contribution in [1.82, 2.24) is 19.9 Å². The van der Waals surface area contributed by atoms with E-state index in [0.717, 1.165) is 4.90 Å². The molecule has 0 aliphatic rings. The highest BCUT2D eigenvalue weighted by atomic mass is 16.4. The lowest BCUT2D eigenvalue weighted by Crippen LogP contribution is -2.40. The van der Waals surface area contributed by atoms with E-state index in [4.69, 9.17) is 5.11 Å². The van der Waals surface area contributed by atoms with Crippen molar-refractivity contribution in [2.45, 2.75) is 32.7 Å². The van der Waals surface area contributed by atoms with Gasteiger partial charge in [0, 0.05) is 42.7 Å². The fraction of sp³-hybridized carbons (Fsp3) is 0.353. The highest BCUT2D eigenvalue weighted by Gasteiger charge is 2.22. The van der Waals surface area contributed by atoms with Crippen LogP contribution in [0.15, 0.2) is 29.3 Å². The number of carboxylic acids is 1. The number of nitrogens with zero attached hydrogens (tertiary/aromatic N) is 3. The van der Waals surface area contributed by atoms with E-state index >= 15 is 0 Å². The number of aliphatic carboxylic acids is 1. The Bertz CT molecular complexity index is 832. The van der Waals surface area contributed by atoms with Crippen LogP contribution in [0.2, 0.25) is 0 Å². The van der Waals surface area contributed by atoms with Gasteiger partial charge in [0.15, 0.2) is 0 Å². The van der Waals surface area contributed by atoms with Gasteiger partial charge in [-0.15, -0.1) is 0 Å². The molecule has 8 nitrogen and oxygen atoms in total. The van der Waals surface area contributed by atoms with Gasteiger partial charge in [0.1, 0.15) is 11.9 Å². The molecule has 2 heterocycles. The van der Waals surface area contributed by atoms with Gasteiger partial charge in [0.05, 0.1) is 0 Å². The van der Waals surface area contributed by atoms with E-state index in [1.54, 1.807) is 31.5 Å². The van der Waals surface area contributed by atoms with Crippen LogP contribution in [-0.2, 0) is 16.0 Å². The van der Waals surface area contributed by atoms with Crippen molar-refractivity contribution in [3.63, 3.8) is 0 Å². The van der Waals surface area contributed by atoms with Crippen molar-refractivity contribution in [3.05, 3.63) is 46.1 Å². The quantitative estimate of drug-likeness (QED) is 0.808. The van der Waals surface area contributed by atoms with Crippen molar-refractivity contribution >= 4 is 11.9 Å². The second-order valence-electron chi connectivity index (χ2n) is 5.74. The Hall–Kier alpha value is -3.03. The molecule has 1 amide bonds. The third kappa shape index (κ3) is 4.28. The smallest absolute Gasteiger partial charge is 0.326 e. The lowest BCUT2D eigenvalue weighted by atomic mass is 10.1. The molecule has 2 aromatic rings. The summed E-state index contributed by atoms with van der Waals surface area (Å²) in [5.41, 5.74) is 1.33. The Balaban J connectivity index is 2.15. The molecule has 0 saturated heterocycles. The van der Waals surface area contributed by atoms with Crippen LogP contribution in [0.4, 0.5) is 0 Å². The molecule has 2 N–H and O–H groups in total. The van der Waals surface area contributed by atoms with E-state index in [1.165, 1.54) is 14.0 Å². The molecule has 0 radical (unpaired) electrons. The van der Waals surface area contributed by atoms with Gasteiger partial charge in [0.2, 0.25) is 5.91 Å². The Labute approximate surface area is 144 Å². The minimum Gasteiger partial charge on any atom is -0.480 e. The van der Waals surface area contributed by atoms with Crippen LogP contribution in [-0.4, -0.2) is 49.9 Å². The second kappa shape index (κ2) is 7.69. The number of H-pyrrole nitrogens is 1. The van der Waals surface area contributed by atoms with Crippen LogP contribution in [0.25, 0.3) is 11.4 Å². The maximum atomic E-state index is 12.3. The number of hydrogen-bond acceptors (Lipinski definition) is 5. The fourth-order valence-electron chi connectivity index (χ4n) is 2.33. The molecule has 0 aromatic carbocycles. The monoisotopic (exact) mass is 344 g/mol. The molecule has 0 spiro atoms. The van der Waals surface area contributed by atoms with Crippen molar-refractivity contribution in [3.8, 4) is 11.4 Å². The van der Waals surface area contributed by atoms with E-state index < -0.39 is 12.0 Å². The molecular weight excluding hydrogens is 324 g/mol. The van der Waals surface area contributed by atoms with Gasteiger partial charge in [-0.05, 0) is 32.4 Å². The lowest BCUT2D eigenvalue weighted by Gasteiger charge is -2.21. The minimum absolute atomic E-state index is 0.0337. The van der Waals surface area contributed by atoms with Crippen molar-refractivity contribution < 1.29 is 14.7 Å². The van der Waals surface area contributed by atoms with Crippen LogP contribution in [0.3, 0.4) is 0 Å². The predicted octanol–water partition coefficient (Wildman–Crippen LogP) is 1.00. The maximum absolute atomic E-state index is 12.3. The molecule has 8 heteroatoms. The number of amides is 1. The van der Waals surface area contributed by atoms with Gasteiger partial charge in [-0.1, -0.05) is 0 Å². The molecular formula is C17H20N4O4. The zero-order valence-electron chi connectivity index (χ0n) is 14.3. The molecule has 0 aliphatic heterocycles. The third-order valence-electron chi connectivity index (χ3n) is 4.08. The van der Waals surface area contributed by atoms with Gasteiger partial charge < -0.3 is 15.0 Å². The van der Waals surface area contributed by atoms with Gasteiger partial charge >= 0.3 is 5.97 Å². The zero-order valence-corrected chi connectivity index (χ0v) is 14.3.